The molecule has 3 aromatic rings. The van der Waals surface area contributed by atoms with Crippen LogP contribution in [-0.4, -0.2) is 58.6 Å². The minimum absolute atomic E-state index is 0.0102. The van der Waals surface area contributed by atoms with Crippen molar-refractivity contribution in [3.05, 3.63) is 89.0 Å². The molecule has 40 heavy (non-hydrogen) atoms. The van der Waals surface area contributed by atoms with Crippen LogP contribution in [0.25, 0.3) is 11.1 Å². The van der Waals surface area contributed by atoms with E-state index in [9.17, 15) is 14.7 Å². The number of para-hydroxylation sites is 1. The van der Waals surface area contributed by atoms with E-state index in [1.54, 1.807) is 18.2 Å². The van der Waals surface area contributed by atoms with E-state index < -0.39 is 5.97 Å². The number of likely N-dealkylation sites (tertiary alicyclic amines) is 2. The van der Waals surface area contributed by atoms with Crippen LogP contribution >= 0.6 is 0 Å². The van der Waals surface area contributed by atoms with E-state index in [-0.39, 0.29) is 17.1 Å². The fraction of sp³-hybridized carbons (Fsp3) is 0.412. The molecule has 0 unspecified atom stereocenters. The molecule has 3 aromatic carbocycles. The maximum absolute atomic E-state index is 13.7. The van der Waals surface area contributed by atoms with Crippen LogP contribution < -0.4 is 4.74 Å². The van der Waals surface area contributed by atoms with Crippen molar-refractivity contribution in [2.24, 2.45) is 5.41 Å². The summed E-state index contributed by atoms with van der Waals surface area (Å²) in [7, 11) is 0. The van der Waals surface area contributed by atoms with E-state index in [2.05, 4.69) is 36.9 Å². The summed E-state index contributed by atoms with van der Waals surface area (Å²) < 4.78 is 6.31. The van der Waals surface area contributed by atoms with Crippen LogP contribution in [0.4, 0.5) is 0 Å². The number of hydrogen-bond acceptors (Lipinski definition) is 4. The van der Waals surface area contributed by atoms with Gasteiger partial charge in [0.25, 0.3) is 5.91 Å². The molecule has 6 heteroatoms. The molecule has 3 heterocycles. The first-order valence-corrected chi connectivity index (χ1v) is 14.5. The Kier molecular flexibility index (Phi) is 6.91. The minimum Gasteiger partial charge on any atom is -0.487 e. The molecule has 6 rings (SSSR count). The summed E-state index contributed by atoms with van der Waals surface area (Å²) in [6.07, 6.45) is 5.29. The average Bonchev–Trinajstić information content (AvgIpc) is 3.29. The van der Waals surface area contributed by atoms with Gasteiger partial charge in [-0.05, 0) is 86.9 Å². The SMILES string of the molecule is CC1(C)Cc2cccc(CN3CCC4(CC3)CCN(C(=O)c3ccccc3-c3ccccc3C(=O)O)CC4)c2O1. The molecule has 1 N–H and O–H groups in total. The number of aromatic carboxylic acids is 1. The standard InChI is InChI=1S/C34H38N2O4/c1-33(2)22-24-8-7-9-25(30(24)40-33)23-35-18-14-34(15-19-35)16-20-36(21-17-34)31(37)28-12-5-3-10-26(28)27-11-4-6-13-29(27)32(38)39/h3-13H,14-23H2,1-2H3,(H,38,39). The first-order chi connectivity index (χ1) is 19.2. The zero-order chi connectivity index (χ0) is 27.9. The predicted octanol–water partition coefficient (Wildman–Crippen LogP) is 6.28. The van der Waals surface area contributed by atoms with Crippen LogP contribution in [0.3, 0.4) is 0 Å². The second-order valence-corrected chi connectivity index (χ2v) is 12.4. The fourth-order valence-electron chi connectivity index (χ4n) is 6.89. The third-order valence-electron chi connectivity index (χ3n) is 9.20. The van der Waals surface area contributed by atoms with E-state index in [0.717, 1.165) is 70.6 Å². The van der Waals surface area contributed by atoms with Gasteiger partial charge in [-0.15, -0.1) is 0 Å². The predicted molar refractivity (Wildman–Crippen MR) is 156 cm³/mol. The maximum atomic E-state index is 13.7. The van der Waals surface area contributed by atoms with Gasteiger partial charge >= 0.3 is 5.97 Å². The smallest absolute Gasteiger partial charge is 0.336 e. The van der Waals surface area contributed by atoms with E-state index >= 15 is 0 Å². The van der Waals surface area contributed by atoms with Crippen molar-refractivity contribution in [3.63, 3.8) is 0 Å². The molecule has 1 amide bonds. The highest BCUT2D eigenvalue weighted by Gasteiger charge is 2.39. The third kappa shape index (κ3) is 5.13. The third-order valence-corrected chi connectivity index (χ3v) is 9.20. The van der Waals surface area contributed by atoms with Gasteiger partial charge in [0.05, 0.1) is 5.56 Å². The van der Waals surface area contributed by atoms with Gasteiger partial charge in [0, 0.05) is 37.2 Å². The highest BCUT2D eigenvalue weighted by molar-refractivity contribution is 6.04. The Morgan fingerprint density at radius 2 is 1.40 bits per heavy atom. The summed E-state index contributed by atoms with van der Waals surface area (Å²) >= 11 is 0. The Hall–Kier alpha value is -3.64. The van der Waals surface area contributed by atoms with Crippen molar-refractivity contribution < 1.29 is 19.4 Å². The quantitative estimate of drug-likeness (QED) is 0.414. The molecule has 0 aliphatic carbocycles. The Labute approximate surface area is 236 Å². The number of hydrogen-bond donors (Lipinski definition) is 1. The lowest BCUT2D eigenvalue weighted by molar-refractivity contribution is 0.0282. The van der Waals surface area contributed by atoms with E-state index in [1.165, 1.54) is 11.1 Å². The summed E-state index contributed by atoms with van der Waals surface area (Å²) in [6, 6.07) is 20.9. The number of carboxylic acids is 1. The maximum Gasteiger partial charge on any atom is 0.336 e. The van der Waals surface area contributed by atoms with Crippen molar-refractivity contribution in [2.45, 2.75) is 58.1 Å². The van der Waals surface area contributed by atoms with E-state index in [1.807, 2.05) is 35.2 Å². The lowest BCUT2D eigenvalue weighted by atomic mass is 9.71. The van der Waals surface area contributed by atoms with Crippen LogP contribution in [0.15, 0.2) is 66.7 Å². The average molecular weight is 539 g/mol. The molecule has 208 valence electrons. The van der Waals surface area contributed by atoms with Crippen molar-refractivity contribution in [3.8, 4) is 16.9 Å². The second kappa shape index (κ2) is 10.4. The van der Waals surface area contributed by atoms with Crippen LogP contribution in [0.5, 0.6) is 5.75 Å². The van der Waals surface area contributed by atoms with Gasteiger partial charge in [-0.3, -0.25) is 9.69 Å². The van der Waals surface area contributed by atoms with Crippen molar-refractivity contribution >= 4 is 11.9 Å². The summed E-state index contributed by atoms with van der Waals surface area (Å²) in [5.41, 5.74) is 4.82. The number of amides is 1. The number of piperidine rings is 2. The van der Waals surface area contributed by atoms with Crippen LogP contribution in [0.2, 0.25) is 0 Å². The van der Waals surface area contributed by atoms with Crippen molar-refractivity contribution in [2.75, 3.05) is 26.2 Å². The first kappa shape index (κ1) is 26.6. The first-order valence-electron chi connectivity index (χ1n) is 14.5. The topological polar surface area (TPSA) is 70.1 Å². The van der Waals surface area contributed by atoms with Crippen LogP contribution in [-0.2, 0) is 13.0 Å². The number of fused-ring (bicyclic) bond motifs is 1. The van der Waals surface area contributed by atoms with Crippen LogP contribution in [0.1, 0.15) is 71.4 Å². The zero-order valence-corrected chi connectivity index (χ0v) is 23.5. The second-order valence-electron chi connectivity index (χ2n) is 12.4. The van der Waals surface area contributed by atoms with Crippen molar-refractivity contribution in [1.29, 1.82) is 0 Å². The Balaban J connectivity index is 1.09. The lowest BCUT2D eigenvalue weighted by Crippen LogP contribution is -2.48. The molecule has 0 bridgehead atoms. The fourth-order valence-corrected chi connectivity index (χ4v) is 6.89. The number of benzene rings is 3. The monoisotopic (exact) mass is 538 g/mol. The molecule has 2 fully saturated rings. The highest BCUT2D eigenvalue weighted by Crippen LogP contribution is 2.43. The zero-order valence-electron chi connectivity index (χ0n) is 23.5. The number of carbonyl (C=O) groups excluding carboxylic acids is 1. The van der Waals surface area contributed by atoms with Gasteiger partial charge in [-0.1, -0.05) is 54.6 Å². The molecule has 0 atom stereocenters. The van der Waals surface area contributed by atoms with Gasteiger partial charge in [-0.2, -0.15) is 0 Å². The normalized spacial score (nSPS) is 19.7. The number of ether oxygens (including phenoxy) is 1. The minimum atomic E-state index is -0.989. The molecule has 0 radical (unpaired) electrons. The molecule has 3 aliphatic rings. The van der Waals surface area contributed by atoms with Gasteiger partial charge in [0.1, 0.15) is 11.4 Å². The van der Waals surface area contributed by atoms with E-state index in [0.29, 0.717) is 22.1 Å². The summed E-state index contributed by atoms with van der Waals surface area (Å²) in [4.78, 5) is 30.1. The van der Waals surface area contributed by atoms with Gasteiger partial charge in [-0.25, -0.2) is 4.79 Å². The Morgan fingerprint density at radius 3 is 2.08 bits per heavy atom. The van der Waals surface area contributed by atoms with E-state index in [4.69, 9.17) is 4.74 Å². The van der Waals surface area contributed by atoms with Crippen molar-refractivity contribution in [1.82, 2.24) is 9.80 Å². The van der Waals surface area contributed by atoms with Crippen LogP contribution in [0, 0.1) is 5.41 Å². The molecular formula is C34H38N2O4. The van der Waals surface area contributed by atoms with Gasteiger partial charge < -0.3 is 14.7 Å². The summed E-state index contributed by atoms with van der Waals surface area (Å²) in [5.74, 6) is 0.0897. The van der Waals surface area contributed by atoms with Gasteiger partial charge in [0.2, 0.25) is 0 Å². The molecule has 0 aromatic heterocycles. The molecule has 1 spiro atoms. The number of nitrogens with zero attached hydrogens (tertiary/aromatic N) is 2. The largest absolute Gasteiger partial charge is 0.487 e. The highest BCUT2D eigenvalue weighted by atomic mass is 16.5. The molecule has 2 saturated heterocycles. The molecular weight excluding hydrogens is 500 g/mol. The number of carboxylic acid groups (broad SMARTS) is 1. The Morgan fingerprint density at radius 1 is 0.800 bits per heavy atom. The molecule has 3 aliphatic heterocycles. The summed E-state index contributed by atoms with van der Waals surface area (Å²) in [5, 5.41) is 9.70. The molecule has 0 saturated carbocycles. The van der Waals surface area contributed by atoms with Gasteiger partial charge in [0.15, 0.2) is 0 Å². The molecule has 6 nitrogen and oxygen atoms in total. The number of carbonyl (C=O) groups is 2. The summed E-state index contributed by atoms with van der Waals surface area (Å²) in [6.45, 7) is 8.85. The Bertz CT molecular complexity index is 1430. The number of rotatable bonds is 5. The lowest BCUT2D eigenvalue weighted by Gasteiger charge is -2.47.